The fourth-order valence-corrected chi connectivity index (χ4v) is 3.61. The van der Waals surface area contributed by atoms with Crippen molar-refractivity contribution in [3.63, 3.8) is 0 Å². The average molecular weight is 434 g/mol. The number of nitrogens with zero attached hydrogens (tertiary/aromatic N) is 2. The van der Waals surface area contributed by atoms with E-state index >= 15 is 4.39 Å². The van der Waals surface area contributed by atoms with Crippen LogP contribution in [0.25, 0.3) is 11.1 Å². The molecule has 4 nitrogen and oxygen atoms in total. The van der Waals surface area contributed by atoms with E-state index in [4.69, 9.17) is 0 Å². The van der Waals surface area contributed by atoms with Crippen LogP contribution in [0.15, 0.2) is 55.1 Å². The quantitative estimate of drug-likeness (QED) is 0.530. The van der Waals surface area contributed by atoms with Gasteiger partial charge in [-0.05, 0) is 47.2 Å². The fraction of sp³-hybridized carbons (Fsp3) is 0.304. The minimum atomic E-state index is -4.79. The van der Waals surface area contributed by atoms with Gasteiger partial charge in [0.1, 0.15) is 23.5 Å². The second-order valence-electron chi connectivity index (χ2n) is 8.31. The number of hydrogen-bond acceptors (Lipinski definition) is 4. The molecule has 3 aromatic rings. The predicted molar refractivity (Wildman–Crippen MR) is 108 cm³/mol. The van der Waals surface area contributed by atoms with Gasteiger partial charge in [-0.1, -0.05) is 39.0 Å². The molecule has 1 atom stereocenters. The third-order valence-corrected chi connectivity index (χ3v) is 5.17. The van der Waals surface area contributed by atoms with Gasteiger partial charge in [0.15, 0.2) is 0 Å². The van der Waals surface area contributed by atoms with Crippen molar-refractivity contribution in [3.8, 4) is 16.9 Å². The third kappa shape index (κ3) is 4.54. The normalized spacial score (nSPS) is 14.2. The molecular weight excluding hydrogens is 412 g/mol. The molecule has 1 aromatic heterocycles. The van der Waals surface area contributed by atoms with Gasteiger partial charge in [-0.15, -0.1) is 13.2 Å². The topological polar surface area (TPSA) is 55.2 Å². The van der Waals surface area contributed by atoms with Crippen molar-refractivity contribution < 1.29 is 27.4 Å². The average Bonchev–Trinajstić information content (AvgIpc) is 2.66. The van der Waals surface area contributed by atoms with E-state index < -0.39 is 23.2 Å². The Balaban J connectivity index is 2.05. The van der Waals surface area contributed by atoms with Gasteiger partial charge >= 0.3 is 6.36 Å². The zero-order valence-corrected chi connectivity index (χ0v) is 17.5. The number of halogens is 4. The molecule has 31 heavy (non-hydrogen) atoms. The van der Waals surface area contributed by atoms with Crippen LogP contribution in [0.2, 0.25) is 0 Å². The lowest BCUT2D eigenvalue weighted by molar-refractivity contribution is -0.274. The van der Waals surface area contributed by atoms with Crippen LogP contribution in [-0.2, 0) is 5.60 Å². The second kappa shape index (κ2) is 7.92. The van der Waals surface area contributed by atoms with Gasteiger partial charge in [0.25, 0.3) is 0 Å². The monoisotopic (exact) mass is 434 g/mol. The number of ether oxygens (including phenoxy) is 1. The van der Waals surface area contributed by atoms with Crippen molar-refractivity contribution in [2.45, 2.75) is 39.7 Å². The van der Waals surface area contributed by atoms with Crippen molar-refractivity contribution in [2.24, 2.45) is 5.41 Å². The largest absolute Gasteiger partial charge is 0.573 e. The lowest BCUT2D eigenvalue weighted by Gasteiger charge is -2.41. The number of aryl methyl sites for hydroxylation is 1. The van der Waals surface area contributed by atoms with E-state index in [1.807, 2.05) is 0 Å². The van der Waals surface area contributed by atoms with E-state index in [2.05, 4.69) is 14.7 Å². The van der Waals surface area contributed by atoms with Crippen LogP contribution >= 0.6 is 0 Å². The molecule has 0 amide bonds. The zero-order chi connectivity index (χ0) is 23.0. The maximum Gasteiger partial charge on any atom is 0.573 e. The maximum absolute atomic E-state index is 15.3. The summed E-state index contributed by atoms with van der Waals surface area (Å²) in [5, 5.41) is 11.6. The third-order valence-electron chi connectivity index (χ3n) is 5.17. The summed E-state index contributed by atoms with van der Waals surface area (Å²) in [7, 11) is 0. The molecule has 164 valence electrons. The molecule has 0 aliphatic rings. The van der Waals surface area contributed by atoms with Crippen molar-refractivity contribution in [1.82, 2.24) is 9.97 Å². The highest BCUT2D eigenvalue weighted by Crippen LogP contribution is 2.45. The van der Waals surface area contributed by atoms with Gasteiger partial charge < -0.3 is 9.84 Å². The van der Waals surface area contributed by atoms with Gasteiger partial charge in [-0.2, -0.15) is 0 Å². The van der Waals surface area contributed by atoms with Gasteiger partial charge in [0.2, 0.25) is 0 Å². The Morgan fingerprint density at radius 3 is 2.10 bits per heavy atom. The Kier molecular flexibility index (Phi) is 5.80. The summed E-state index contributed by atoms with van der Waals surface area (Å²) in [6, 6.07) is 8.19. The Morgan fingerprint density at radius 1 is 0.935 bits per heavy atom. The maximum atomic E-state index is 15.3. The smallest absolute Gasteiger partial charge is 0.406 e. The minimum Gasteiger partial charge on any atom is -0.406 e. The van der Waals surface area contributed by atoms with Gasteiger partial charge in [-0.25, -0.2) is 14.4 Å². The SMILES string of the molecule is Cc1cc(OC(F)(F)F)ccc1-c1ccc(C(O)(c2cncnc2)C(C)(C)C)c(F)c1. The predicted octanol–water partition coefficient (Wildman–Crippen LogP) is 5.77. The lowest BCUT2D eigenvalue weighted by atomic mass is 9.68. The summed E-state index contributed by atoms with van der Waals surface area (Å²) in [5.41, 5.74) is -0.632. The van der Waals surface area contributed by atoms with Crippen LogP contribution in [0, 0.1) is 18.2 Å². The molecule has 0 aliphatic carbocycles. The molecule has 0 fully saturated rings. The highest BCUT2D eigenvalue weighted by atomic mass is 19.4. The molecule has 1 heterocycles. The van der Waals surface area contributed by atoms with E-state index in [1.165, 1.54) is 49.1 Å². The van der Waals surface area contributed by atoms with Crippen LogP contribution in [0.1, 0.15) is 37.5 Å². The molecular formula is C23H22F4N2O2. The first-order valence-corrected chi connectivity index (χ1v) is 9.47. The van der Waals surface area contributed by atoms with Crippen LogP contribution in [0.5, 0.6) is 5.75 Å². The molecule has 1 N–H and O–H groups in total. The first kappa shape index (κ1) is 22.7. The van der Waals surface area contributed by atoms with Crippen LogP contribution in [0.3, 0.4) is 0 Å². The van der Waals surface area contributed by atoms with Crippen LogP contribution in [-0.4, -0.2) is 21.4 Å². The van der Waals surface area contributed by atoms with E-state index in [0.717, 1.165) is 0 Å². The number of rotatable bonds is 4. The summed E-state index contributed by atoms with van der Waals surface area (Å²) >= 11 is 0. The van der Waals surface area contributed by atoms with Gasteiger partial charge in [0, 0.05) is 23.5 Å². The first-order chi connectivity index (χ1) is 14.3. The summed E-state index contributed by atoms with van der Waals surface area (Å²) < 4.78 is 56.5. The van der Waals surface area contributed by atoms with Crippen molar-refractivity contribution in [2.75, 3.05) is 0 Å². The Bertz CT molecular complexity index is 1080. The number of aliphatic hydroxyl groups is 1. The van der Waals surface area contributed by atoms with E-state index in [1.54, 1.807) is 33.8 Å². The van der Waals surface area contributed by atoms with Crippen molar-refractivity contribution in [3.05, 3.63) is 77.6 Å². The van der Waals surface area contributed by atoms with Gasteiger partial charge in [0.05, 0.1) is 0 Å². The molecule has 0 aliphatic heterocycles. The summed E-state index contributed by atoms with van der Waals surface area (Å²) in [4.78, 5) is 7.89. The van der Waals surface area contributed by atoms with Gasteiger partial charge in [-0.3, -0.25) is 0 Å². The molecule has 0 radical (unpaired) electrons. The van der Waals surface area contributed by atoms with Crippen molar-refractivity contribution >= 4 is 0 Å². The summed E-state index contributed by atoms with van der Waals surface area (Å²) in [6.45, 7) is 6.93. The summed E-state index contributed by atoms with van der Waals surface area (Å²) in [5.74, 6) is -1.01. The zero-order valence-electron chi connectivity index (χ0n) is 17.5. The van der Waals surface area contributed by atoms with Crippen LogP contribution < -0.4 is 4.74 Å². The molecule has 0 saturated heterocycles. The molecule has 8 heteroatoms. The second-order valence-corrected chi connectivity index (χ2v) is 8.31. The number of hydrogen-bond donors (Lipinski definition) is 1. The number of aromatic nitrogens is 2. The number of benzene rings is 2. The van der Waals surface area contributed by atoms with E-state index in [-0.39, 0.29) is 11.3 Å². The molecule has 0 spiro atoms. The standard InChI is InChI=1S/C23H22F4N2O2/c1-14-9-17(31-23(25,26)27)6-7-18(14)15-5-8-19(20(24)10-15)22(30,21(2,3)4)16-11-28-13-29-12-16/h5-13,30H,1-4H3. The minimum absolute atomic E-state index is 0.0493. The molecule has 0 bridgehead atoms. The fourth-order valence-electron chi connectivity index (χ4n) is 3.61. The summed E-state index contributed by atoms with van der Waals surface area (Å²) in [6.07, 6.45) is -0.592. The molecule has 0 saturated carbocycles. The number of alkyl halides is 3. The van der Waals surface area contributed by atoms with E-state index in [9.17, 15) is 18.3 Å². The van der Waals surface area contributed by atoms with Crippen LogP contribution in [0.4, 0.5) is 17.6 Å². The molecule has 3 rings (SSSR count). The molecule has 1 unspecified atom stereocenters. The lowest BCUT2D eigenvalue weighted by Crippen LogP contribution is -2.42. The molecule has 2 aromatic carbocycles. The van der Waals surface area contributed by atoms with Crippen molar-refractivity contribution in [1.29, 1.82) is 0 Å². The first-order valence-electron chi connectivity index (χ1n) is 9.47. The Hall–Kier alpha value is -3.00. The highest BCUT2D eigenvalue weighted by molar-refractivity contribution is 5.69. The highest BCUT2D eigenvalue weighted by Gasteiger charge is 2.45. The van der Waals surface area contributed by atoms with E-state index in [0.29, 0.717) is 22.3 Å². The Labute approximate surface area is 177 Å². The Morgan fingerprint density at radius 2 is 1.58 bits per heavy atom.